The lowest BCUT2D eigenvalue weighted by molar-refractivity contribution is -0.135. The van der Waals surface area contributed by atoms with Gasteiger partial charge in [0.05, 0.1) is 20.3 Å². The molecule has 2 amide bonds. The van der Waals surface area contributed by atoms with Crippen LogP contribution in [0.25, 0.3) is 0 Å². The fraction of sp³-hybridized carbons (Fsp3) is 0.652. The Balaban J connectivity index is 1.37. The van der Waals surface area contributed by atoms with Crippen molar-refractivity contribution in [1.29, 1.82) is 0 Å². The smallest absolute Gasteiger partial charge is 0.239 e. The molecule has 0 radical (unpaired) electrons. The number of benzene rings is 1. The first-order chi connectivity index (χ1) is 15.1. The molecule has 4 rings (SSSR count). The first kappa shape index (κ1) is 22.0. The fourth-order valence-corrected chi connectivity index (χ4v) is 5.05. The molecule has 3 fully saturated rings. The van der Waals surface area contributed by atoms with Gasteiger partial charge in [-0.05, 0) is 37.6 Å². The van der Waals surface area contributed by atoms with Gasteiger partial charge < -0.3 is 19.7 Å². The third kappa shape index (κ3) is 5.02. The zero-order chi connectivity index (χ0) is 21.8. The largest absolute Gasteiger partial charge is 0.497 e. The molecule has 1 aromatic rings. The van der Waals surface area contributed by atoms with Crippen LogP contribution in [0.3, 0.4) is 0 Å². The van der Waals surface area contributed by atoms with Crippen molar-refractivity contribution < 1.29 is 19.1 Å². The highest BCUT2D eigenvalue weighted by Crippen LogP contribution is 2.29. The summed E-state index contributed by atoms with van der Waals surface area (Å²) >= 11 is 0. The van der Waals surface area contributed by atoms with Crippen LogP contribution in [-0.4, -0.2) is 98.2 Å². The van der Waals surface area contributed by atoms with E-state index in [9.17, 15) is 9.59 Å². The number of methoxy groups -OCH3 is 1. The number of ether oxygens (including phenoxy) is 2. The molecular weight excluding hydrogens is 396 g/mol. The van der Waals surface area contributed by atoms with Crippen LogP contribution in [0.4, 0.5) is 0 Å². The van der Waals surface area contributed by atoms with Gasteiger partial charge in [0, 0.05) is 51.2 Å². The lowest BCUT2D eigenvalue weighted by atomic mass is 10.0. The standard InChI is InChI=1S/C23H34N4O4/c1-25-18(5-8-21(28)26-11-13-31-14-12-26)15-24-23(29)22-20(25)9-10-27(22)16-17-3-6-19(30-2)7-4-17/h3-4,6-7,18,20,22H,5,8-16H2,1-2H3,(H,24,29). The minimum absolute atomic E-state index is 0.102. The number of carbonyl (C=O) groups excluding carboxylic acids is 2. The molecule has 170 valence electrons. The molecule has 8 heteroatoms. The number of nitrogens with one attached hydrogen (secondary N) is 1. The van der Waals surface area contributed by atoms with Gasteiger partial charge in [-0.15, -0.1) is 0 Å². The van der Waals surface area contributed by atoms with Gasteiger partial charge in [-0.2, -0.15) is 0 Å². The van der Waals surface area contributed by atoms with E-state index < -0.39 is 0 Å². The van der Waals surface area contributed by atoms with Crippen molar-refractivity contribution in [3.05, 3.63) is 29.8 Å². The van der Waals surface area contributed by atoms with Gasteiger partial charge in [-0.3, -0.25) is 19.4 Å². The van der Waals surface area contributed by atoms with E-state index in [1.165, 1.54) is 5.56 Å². The molecule has 31 heavy (non-hydrogen) atoms. The van der Waals surface area contributed by atoms with E-state index in [2.05, 4.69) is 34.3 Å². The molecule has 0 spiro atoms. The molecule has 3 unspecified atom stereocenters. The molecular formula is C23H34N4O4. The van der Waals surface area contributed by atoms with Gasteiger partial charge in [0.2, 0.25) is 11.8 Å². The van der Waals surface area contributed by atoms with Crippen molar-refractivity contribution in [3.8, 4) is 5.75 Å². The Bertz CT molecular complexity index is 765. The Morgan fingerprint density at radius 2 is 1.94 bits per heavy atom. The lowest BCUT2D eigenvalue weighted by Crippen LogP contribution is -2.49. The molecule has 0 saturated carbocycles. The predicted octanol–water partition coefficient (Wildman–Crippen LogP) is 0.707. The van der Waals surface area contributed by atoms with Crippen molar-refractivity contribution in [3.63, 3.8) is 0 Å². The van der Waals surface area contributed by atoms with Crippen LogP contribution in [0.15, 0.2) is 24.3 Å². The molecule has 1 aromatic carbocycles. The van der Waals surface area contributed by atoms with Crippen molar-refractivity contribution >= 4 is 11.8 Å². The fourth-order valence-electron chi connectivity index (χ4n) is 5.05. The molecule has 3 atom stereocenters. The first-order valence-electron chi connectivity index (χ1n) is 11.3. The third-order valence-corrected chi connectivity index (χ3v) is 6.95. The molecule has 3 heterocycles. The molecule has 3 saturated heterocycles. The number of amides is 2. The van der Waals surface area contributed by atoms with Crippen LogP contribution in [0.1, 0.15) is 24.8 Å². The zero-order valence-corrected chi connectivity index (χ0v) is 18.6. The number of hydrogen-bond acceptors (Lipinski definition) is 6. The Labute approximate surface area is 184 Å². The van der Waals surface area contributed by atoms with Crippen LogP contribution in [0, 0.1) is 0 Å². The second kappa shape index (κ2) is 9.97. The van der Waals surface area contributed by atoms with Crippen molar-refractivity contribution in [2.75, 3.05) is 53.6 Å². The second-order valence-corrected chi connectivity index (χ2v) is 8.72. The number of carbonyl (C=O) groups is 2. The summed E-state index contributed by atoms with van der Waals surface area (Å²) in [7, 11) is 3.77. The number of likely N-dealkylation sites (N-methyl/N-ethyl adjacent to an activating group) is 1. The van der Waals surface area contributed by atoms with Crippen molar-refractivity contribution in [1.82, 2.24) is 20.0 Å². The average molecular weight is 431 g/mol. The maximum atomic E-state index is 13.0. The lowest BCUT2D eigenvalue weighted by Gasteiger charge is -2.33. The highest BCUT2D eigenvalue weighted by Gasteiger charge is 2.44. The molecule has 0 aliphatic carbocycles. The summed E-state index contributed by atoms with van der Waals surface area (Å²) in [5.41, 5.74) is 1.17. The Morgan fingerprint density at radius 1 is 1.19 bits per heavy atom. The highest BCUT2D eigenvalue weighted by molar-refractivity contribution is 5.83. The van der Waals surface area contributed by atoms with Crippen LogP contribution < -0.4 is 10.1 Å². The maximum Gasteiger partial charge on any atom is 0.239 e. The van der Waals surface area contributed by atoms with Crippen LogP contribution in [0.2, 0.25) is 0 Å². The third-order valence-electron chi connectivity index (χ3n) is 6.95. The highest BCUT2D eigenvalue weighted by atomic mass is 16.5. The average Bonchev–Trinajstić information content (AvgIpc) is 3.18. The monoisotopic (exact) mass is 430 g/mol. The molecule has 8 nitrogen and oxygen atoms in total. The summed E-state index contributed by atoms with van der Waals surface area (Å²) in [6, 6.07) is 8.23. The summed E-state index contributed by atoms with van der Waals surface area (Å²) < 4.78 is 10.6. The number of rotatable bonds is 6. The minimum atomic E-state index is -0.160. The number of morpholine rings is 1. The van der Waals surface area contributed by atoms with Crippen LogP contribution >= 0.6 is 0 Å². The Hall–Kier alpha value is -2.16. The van der Waals surface area contributed by atoms with Crippen molar-refractivity contribution in [2.24, 2.45) is 0 Å². The SMILES string of the molecule is COc1ccc(CN2CCC3C2C(=O)NCC(CCC(=O)N2CCOCC2)N3C)cc1. The quantitative estimate of drug-likeness (QED) is 0.717. The van der Waals surface area contributed by atoms with Crippen LogP contribution in [-0.2, 0) is 20.9 Å². The van der Waals surface area contributed by atoms with Crippen LogP contribution in [0.5, 0.6) is 5.75 Å². The number of fused-ring (bicyclic) bond motifs is 1. The van der Waals surface area contributed by atoms with E-state index in [-0.39, 0.29) is 29.9 Å². The van der Waals surface area contributed by atoms with Gasteiger partial charge in [-0.1, -0.05) is 12.1 Å². The molecule has 1 N–H and O–H groups in total. The van der Waals surface area contributed by atoms with Gasteiger partial charge in [-0.25, -0.2) is 0 Å². The summed E-state index contributed by atoms with van der Waals surface area (Å²) in [4.78, 5) is 32.1. The summed E-state index contributed by atoms with van der Waals surface area (Å²) in [6.07, 6.45) is 2.23. The van der Waals surface area contributed by atoms with E-state index in [0.29, 0.717) is 39.3 Å². The van der Waals surface area contributed by atoms with E-state index >= 15 is 0 Å². The van der Waals surface area contributed by atoms with Gasteiger partial charge in [0.1, 0.15) is 11.8 Å². The van der Waals surface area contributed by atoms with Gasteiger partial charge in [0.25, 0.3) is 0 Å². The summed E-state index contributed by atoms with van der Waals surface area (Å²) in [5, 5.41) is 3.15. The molecule has 0 aromatic heterocycles. The molecule has 0 bridgehead atoms. The summed E-state index contributed by atoms with van der Waals surface area (Å²) in [5.74, 6) is 1.13. The first-order valence-corrected chi connectivity index (χ1v) is 11.3. The summed E-state index contributed by atoms with van der Waals surface area (Å²) in [6.45, 7) is 4.83. The molecule has 3 aliphatic heterocycles. The maximum absolute atomic E-state index is 13.0. The zero-order valence-electron chi connectivity index (χ0n) is 18.6. The predicted molar refractivity (Wildman–Crippen MR) is 117 cm³/mol. The van der Waals surface area contributed by atoms with Gasteiger partial charge in [0.15, 0.2) is 0 Å². The van der Waals surface area contributed by atoms with E-state index in [0.717, 1.165) is 31.7 Å². The Kier molecular flexibility index (Phi) is 7.09. The van der Waals surface area contributed by atoms with E-state index in [1.54, 1.807) is 7.11 Å². The van der Waals surface area contributed by atoms with Crippen molar-refractivity contribution in [2.45, 2.75) is 43.9 Å². The number of hydrogen-bond donors (Lipinski definition) is 1. The minimum Gasteiger partial charge on any atom is -0.497 e. The van der Waals surface area contributed by atoms with Gasteiger partial charge >= 0.3 is 0 Å². The Morgan fingerprint density at radius 3 is 2.65 bits per heavy atom. The van der Waals surface area contributed by atoms with E-state index in [4.69, 9.17) is 9.47 Å². The number of nitrogens with zero attached hydrogens (tertiary/aromatic N) is 3. The molecule has 3 aliphatic rings. The van der Waals surface area contributed by atoms with E-state index in [1.807, 2.05) is 17.0 Å². The normalized spacial score (nSPS) is 27.5. The topological polar surface area (TPSA) is 74.3 Å². The number of likely N-dealkylation sites (tertiary alicyclic amines) is 1. The second-order valence-electron chi connectivity index (χ2n) is 8.72.